The van der Waals surface area contributed by atoms with Gasteiger partial charge >= 0.3 is 0 Å². The molecular weight excluding hydrogens is 302 g/mol. The summed E-state index contributed by atoms with van der Waals surface area (Å²) in [4.78, 5) is 12.1. The molecule has 2 aliphatic rings. The van der Waals surface area contributed by atoms with E-state index >= 15 is 0 Å². The maximum absolute atomic E-state index is 12.1. The highest BCUT2D eigenvalue weighted by molar-refractivity contribution is 5.76. The van der Waals surface area contributed by atoms with Crippen LogP contribution in [0.15, 0.2) is 18.2 Å². The molecule has 132 valence electrons. The van der Waals surface area contributed by atoms with Gasteiger partial charge in [-0.3, -0.25) is 4.79 Å². The van der Waals surface area contributed by atoms with Crippen molar-refractivity contribution in [2.75, 3.05) is 6.61 Å². The van der Waals surface area contributed by atoms with E-state index in [4.69, 9.17) is 4.74 Å². The highest BCUT2D eigenvalue weighted by Gasteiger charge is 2.48. The summed E-state index contributed by atoms with van der Waals surface area (Å²) in [5.74, 6) is 1.02. The zero-order valence-electron chi connectivity index (χ0n) is 14.8. The summed E-state index contributed by atoms with van der Waals surface area (Å²) in [7, 11) is 0. The second-order valence-electron chi connectivity index (χ2n) is 7.33. The molecule has 1 unspecified atom stereocenters. The van der Waals surface area contributed by atoms with Crippen LogP contribution in [0.25, 0.3) is 0 Å². The van der Waals surface area contributed by atoms with Crippen molar-refractivity contribution < 1.29 is 14.6 Å². The molecule has 4 heteroatoms. The molecule has 0 radical (unpaired) electrons. The molecule has 1 atom stereocenters. The first kappa shape index (κ1) is 17.3. The molecule has 0 aliphatic heterocycles. The molecule has 1 aromatic carbocycles. The summed E-state index contributed by atoms with van der Waals surface area (Å²) in [5, 5.41) is 13.2. The largest absolute Gasteiger partial charge is 0.494 e. The van der Waals surface area contributed by atoms with Crippen molar-refractivity contribution in [2.45, 2.75) is 70.9 Å². The second kappa shape index (κ2) is 7.14. The number of carbonyl (C=O) groups is 1. The zero-order chi connectivity index (χ0) is 17.2. The quantitative estimate of drug-likeness (QED) is 0.868. The molecule has 4 nitrogen and oxygen atoms in total. The van der Waals surface area contributed by atoms with Gasteiger partial charge in [0.1, 0.15) is 5.75 Å². The fraction of sp³-hybridized carbons (Fsp3) is 0.650. The normalized spacial score (nSPS) is 28.6. The van der Waals surface area contributed by atoms with Gasteiger partial charge in [-0.05, 0) is 67.2 Å². The fourth-order valence-corrected chi connectivity index (χ4v) is 4.27. The molecule has 24 heavy (non-hydrogen) atoms. The standard InChI is InChI=1S/C20H29NO3/c1-3-11-24-16-5-6-17-14(12-16)13-20(9-7-15(22)8-10-20)19(17)21-18(23)4-2/h5-6,12,15,19,22H,3-4,7-11,13H2,1-2H3,(H,21,23). The topological polar surface area (TPSA) is 58.6 Å². The van der Waals surface area contributed by atoms with Crippen molar-refractivity contribution in [3.05, 3.63) is 29.3 Å². The Bertz CT molecular complexity index is 591. The third-order valence-corrected chi connectivity index (χ3v) is 5.63. The van der Waals surface area contributed by atoms with E-state index in [1.165, 1.54) is 11.1 Å². The fourth-order valence-electron chi connectivity index (χ4n) is 4.27. The van der Waals surface area contributed by atoms with Crippen molar-refractivity contribution in [2.24, 2.45) is 5.41 Å². The van der Waals surface area contributed by atoms with Crippen LogP contribution in [0.4, 0.5) is 0 Å². The lowest BCUT2D eigenvalue weighted by Crippen LogP contribution is -2.41. The minimum atomic E-state index is -0.190. The maximum atomic E-state index is 12.1. The van der Waals surface area contributed by atoms with Crippen LogP contribution in [0.3, 0.4) is 0 Å². The van der Waals surface area contributed by atoms with Gasteiger partial charge in [-0.25, -0.2) is 0 Å². The van der Waals surface area contributed by atoms with Crippen molar-refractivity contribution in [1.82, 2.24) is 5.32 Å². The molecule has 0 heterocycles. The Labute approximate surface area is 144 Å². The summed E-state index contributed by atoms with van der Waals surface area (Å²) in [5.41, 5.74) is 2.58. The van der Waals surface area contributed by atoms with Crippen LogP contribution in [0, 0.1) is 5.41 Å². The first-order valence-electron chi connectivity index (χ1n) is 9.31. The summed E-state index contributed by atoms with van der Waals surface area (Å²) in [6, 6.07) is 6.36. The van der Waals surface area contributed by atoms with Gasteiger partial charge < -0.3 is 15.2 Å². The number of carbonyl (C=O) groups excluding carboxylic acids is 1. The zero-order valence-corrected chi connectivity index (χ0v) is 14.8. The van der Waals surface area contributed by atoms with Crippen molar-refractivity contribution in [3.63, 3.8) is 0 Å². The second-order valence-corrected chi connectivity index (χ2v) is 7.33. The molecule has 1 fully saturated rings. The van der Waals surface area contributed by atoms with Crippen LogP contribution in [0.2, 0.25) is 0 Å². The number of hydrogen-bond donors (Lipinski definition) is 2. The van der Waals surface area contributed by atoms with Crippen molar-refractivity contribution in [1.29, 1.82) is 0 Å². The number of amides is 1. The monoisotopic (exact) mass is 331 g/mol. The lowest BCUT2D eigenvalue weighted by atomic mass is 9.68. The van der Waals surface area contributed by atoms with Crippen molar-refractivity contribution in [3.8, 4) is 5.75 Å². The number of aliphatic hydroxyl groups excluding tert-OH is 1. The summed E-state index contributed by atoms with van der Waals surface area (Å²) in [6.07, 6.45) is 5.84. The molecule has 1 saturated carbocycles. The van der Waals surface area contributed by atoms with Crippen LogP contribution in [0.1, 0.15) is 69.5 Å². The van der Waals surface area contributed by atoms with E-state index in [0.29, 0.717) is 6.42 Å². The van der Waals surface area contributed by atoms with Gasteiger partial charge in [0, 0.05) is 6.42 Å². The molecule has 2 N–H and O–H groups in total. The van der Waals surface area contributed by atoms with Gasteiger partial charge in [0.2, 0.25) is 5.91 Å². The molecule has 0 saturated heterocycles. The van der Waals surface area contributed by atoms with Crippen molar-refractivity contribution >= 4 is 5.91 Å². The van der Waals surface area contributed by atoms with Gasteiger partial charge in [-0.2, -0.15) is 0 Å². The minimum Gasteiger partial charge on any atom is -0.494 e. The van der Waals surface area contributed by atoms with E-state index in [2.05, 4.69) is 24.4 Å². The van der Waals surface area contributed by atoms with Gasteiger partial charge in [0.25, 0.3) is 0 Å². The highest BCUT2D eigenvalue weighted by Crippen LogP contribution is 2.54. The Morgan fingerprint density at radius 1 is 1.33 bits per heavy atom. The third-order valence-electron chi connectivity index (χ3n) is 5.63. The average molecular weight is 331 g/mol. The number of nitrogens with one attached hydrogen (secondary N) is 1. The Hall–Kier alpha value is -1.55. The van der Waals surface area contributed by atoms with Gasteiger partial charge in [0.15, 0.2) is 0 Å². The number of hydrogen-bond acceptors (Lipinski definition) is 3. The molecule has 2 aliphatic carbocycles. The Morgan fingerprint density at radius 2 is 2.08 bits per heavy atom. The van der Waals surface area contributed by atoms with Crippen LogP contribution in [-0.2, 0) is 11.2 Å². The number of ether oxygens (including phenoxy) is 1. The number of aliphatic hydroxyl groups is 1. The molecule has 1 aromatic rings. The van der Waals surface area contributed by atoms with E-state index in [9.17, 15) is 9.90 Å². The van der Waals surface area contributed by atoms with Gasteiger partial charge in [0.05, 0.1) is 18.8 Å². The highest BCUT2D eigenvalue weighted by atomic mass is 16.5. The molecule has 3 rings (SSSR count). The van der Waals surface area contributed by atoms with Gasteiger partial charge in [-0.15, -0.1) is 0 Å². The number of benzene rings is 1. The van der Waals surface area contributed by atoms with Crippen LogP contribution >= 0.6 is 0 Å². The van der Waals surface area contributed by atoms with E-state index < -0.39 is 0 Å². The first-order chi connectivity index (χ1) is 11.6. The minimum absolute atomic E-state index is 0.0514. The molecule has 1 spiro atoms. The van der Waals surface area contributed by atoms with Crippen LogP contribution < -0.4 is 10.1 Å². The molecule has 0 aromatic heterocycles. The van der Waals surface area contributed by atoms with Crippen LogP contribution in [0.5, 0.6) is 5.75 Å². The van der Waals surface area contributed by atoms with E-state index in [1.807, 2.05) is 13.0 Å². The third kappa shape index (κ3) is 3.30. The maximum Gasteiger partial charge on any atom is 0.220 e. The number of rotatable bonds is 5. The van der Waals surface area contributed by atoms with E-state index in [1.54, 1.807) is 0 Å². The first-order valence-corrected chi connectivity index (χ1v) is 9.31. The summed E-state index contributed by atoms with van der Waals surface area (Å²) >= 11 is 0. The molecule has 0 bridgehead atoms. The van der Waals surface area contributed by atoms with E-state index in [-0.39, 0.29) is 23.5 Å². The predicted molar refractivity (Wildman–Crippen MR) is 94.0 cm³/mol. The number of fused-ring (bicyclic) bond motifs is 1. The Kier molecular flexibility index (Phi) is 5.14. The smallest absolute Gasteiger partial charge is 0.220 e. The van der Waals surface area contributed by atoms with E-state index in [0.717, 1.165) is 50.9 Å². The molecule has 1 amide bonds. The lowest BCUT2D eigenvalue weighted by molar-refractivity contribution is -0.122. The summed E-state index contributed by atoms with van der Waals surface area (Å²) < 4.78 is 5.78. The lowest BCUT2D eigenvalue weighted by Gasteiger charge is -2.41. The van der Waals surface area contributed by atoms with Crippen LogP contribution in [-0.4, -0.2) is 23.7 Å². The summed E-state index contributed by atoms with van der Waals surface area (Å²) in [6.45, 7) is 4.72. The SMILES string of the molecule is CCCOc1ccc2c(c1)CC1(CCC(O)CC1)C2NC(=O)CC. The van der Waals surface area contributed by atoms with Gasteiger partial charge in [-0.1, -0.05) is 19.9 Å². The molecular formula is C20H29NO3. The Morgan fingerprint density at radius 3 is 2.75 bits per heavy atom. The predicted octanol–water partition coefficient (Wildman–Crippen LogP) is 3.52. The Balaban J connectivity index is 1.88. The average Bonchev–Trinajstić information content (AvgIpc) is 2.88.